The van der Waals surface area contributed by atoms with Crippen LogP contribution in [0.5, 0.6) is 0 Å². The predicted octanol–water partition coefficient (Wildman–Crippen LogP) is 2.98. The van der Waals surface area contributed by atoms with Gasteiger partial charge in [-0.3, -0.25) is 9.59 Å². The smallest absolute Gasteiger partial charge is 0.303 e. The second-order valence-corrected chi connectivity index (χ2v) is 7.33. The van der Waals surface area contributed by atoms with Gasteiger partial charge < -0.3 is 23.7 Å². The van der Waals surface area contributed by atoms with Crippen molar-refractivity contribution >= 4 is 27.9 Å². The molecule has 5 atom stereocenters. The summed E-state index contributed by atoms with van der Waals surface area (Å²) in [5.74, 6) is -0.984. The molecule has 1 aromatic carbocycles. The van der Waals surface area contributed by atoms with E-state index in [1.54, 1.807) is 6.92 Å². The summed E-state index contributed by atoms with van der Waals surface area (Å²) < 4.78 is 28.7. The molecule has 2 rings (SSSR count). The highest BCUT2D eigenvalue weighted by Crippen LogP contribution is 2.30. The van der Waals surface area contributed by atoms with Crippen molar-refractivity contribution in [3.05, 3.63) is 35.9 Å². The van der Waals surface area contributed by atoms with Crippen molar-refractivity contribution in [3.63, 3.8) is 0 Å². The summed E-state index contributed by atoms with van der Waals surface area (Å²) in [7, 11) is 0. The first kappa shape index (κ1) is 22.8. The van der Waals surface area contributed by atoms with Gasteiger partial charge in [0.2, 0.25) is 0 Å². The van der Waals surface area contributed by atoms with E-state index in [0.29, 0.717) is 6.61 Å². The molecule has 1 aliphatic rings. The number of carbonyl (C=O) groups excluding carboxylic acids is 2. The molecule has 156 valence electrons. The van der Waals surface area contributed by atoms with Crippen molar-refractivity contribution in [3.8, 4) is 0 Å². The Hall–Kier alpha value is -1.48. The molecule has 1 saturated heterocycles. The van der Waals surface area contributed by atoms with Crippen LogP contribution in [0.2, 0.25) is 0 Å². The molecule has 0 spiro atoms. The van der Waals surface area contributed by atoms with E-state index in [9.17, 15) is 9.59 Å². The Morgan fingerprint density at radius 3 is 2.25 bits per heavy atom. The van der Waals surface area contributed by atoms with Gasteiger partial charge in [0, 0.05) is 19.2 Å². The zero-order valence-corrected chi connectivity index (χ0v) is 17.9. The minimum absolute atomic E-state index is 0.270. The van der Waals surface area contributed by atoms with Gasteiger partial charge in [-0.15, -0.1) is 0 Å². The maximum absolute atomic E-state index is 11.7. The van der Waals surface area contributed by atoms with E-state index < -0.39 is 42.6 Å². The Morgan fingerprint density at radius 2 is 1.64 bits per heavy atom. The minimum Gasteiger partial charge on any atom is -0.456 e. The van der Waals surface area contributed by atoms with Gasteiger partial charge in [-0.05, 0) is 18.9 Å². The second kappa shape index (κ2) is 11.5. The van der Waals surface area contributed by atoms with Gasteiger partial charge in [-0.1, -0.05) is 46.3 Å². The number of rotatable bonds is 9. The first-order valence-electron chi connectivity index (χ1n) is 9.25. The fourth-order valence-corrected chi connectivity index (χ4v) is 3.21. The maximum Gasteiger partial charge on any atom is 0.303 e. The third kappa shape index (κ3) is 6.84. The molecule has 0 saturated carbocycles. The highest BCUT2D eigenvalue weighted by Gasteiger charge is 2.49. The lowest BCUT2D eigenvalue weighted by molar-refractivity contribution is -0.308. The van der Waals surface area contributed by atoms with Crippen LogP contribution in [0.1, 0.15) is 32.8 Å². The van der Waals surface area contributed by atoms with Crippen LogP contribution < -0.4 is 0 Å². The van der Waals surface area contributed by atoms with Gasteiger partial charge in [0.05, 0.1) is 19.3 Å². The van der Waals surface area contributed by atoms with Crippen molar-refractivity contribution in [2.24, 2.45) is 0 Å². The highest BCUT2D eigenvalue weighted by atomic mass is 79.9. The summed E-state index contributed by atoms with van der Waals surface area (Å²) >= 11 is 3.37. The van der Waals surface area contributed by atoms with E-state index in [2.05, 4.69) is 15.9 Å². The third-order valence-electron chi connectivity index (χ3n) is 4.18. The molecule has 8 heteroatoms. The number of alkyl halides is 1. The molecule has 0 aliphatic carbocycles. The molecular weight excluding hydrogens is 432 g/mol. The summed E-state index contributed by atoms with van der Waals surface area (Å²) in [6.07, 6.45) is -2.89. The Bertz CT molecular complexity index is 624. The first-order chi connectivity index (χ1) is 13.4. The number of hydrogen-bond donors (Lipinski definition) is 0. The number of halogens is 1. The lowest BCUT2D eigenvalue weighted by atomic mass is 9.98. The molecule has 0 N–H and O–H groups in total. The van der Waals surface area contributed by atoms with Crippen molar-refractivity contribution in [2.45, 2.75) is 64.5 Å². The van der Waals surface area contributed by atoms with E-state index in [0.717, 1.165) is 17.3 Å². The van der Waals surface area contributed by atoms with E-state index in [1.165, 1.54) is 13.8 Å². The molecule has 28 heavy (non-hydrogen) atoms. The molecule has 7 nitrogen and oxygen atoms in total. The molecule has 1 aromatic rings. The van der Waals surface area contributed by atoms with Crippen molar-refractivity contribution < 1.29 is 33.3 Å². The molecule has 0 amide bonds. The number of carbonyl (C=O) groups is 2. The summed E-state index contributed by atoms with van der Waals surface area (Å²) in [6.45, 7) is 5.07. The molecule has 0 aromatic heterocycles. The van der Waals surface area contributed by atoms with Gasteiger partial charge in [-0.25, -0.2) is 0 Å². The van der Waals surface area contributed by atoms with Gasteiger partial charge in [0.1, 0.15) is 6.10 Å². The topological polar surface area (TPSA) is 80.3 Å². The number of hydrogen-bond acceptors (Lipinski definition) is 7. The standard InChI is InChI=1S/C20H27BrO7/c1-13-17(27-14(2)22)18(28-15(3)23)19(20(26-13)24-11-7-10-21)25-12-16-8-5-4-6-9-16/h4-6,8-9,13,17-20H,7,10-12H2,1-3H3/t13-,17+,18+,19-,20?/m0/s1. The second-order valence-electron chi connectivity index (χ2n) is 6.53. The van der Waals surface area contributed by atoms with Crippen LogP contribution in [0.15, 0.2) is 30.3 Å². The van der Waals surface area contributed by atoms with Crippen LogP contribution in [-0.4, -0.2) is 54.6 Å². The fourth-order valence-electron chi connectivity index (χ4n) is 2.98. The molecular formula is C20H27BrO7. The maximum atomic E-state index is 11.7. The van der Waals surface area contributed by atoms with Crippen LogP contribution in [0, 0.1) is 0 Å². The van der Waals surface area contributed by atoms with Gasteiger partial charge in [-0.2, -0.15) is 0 Å². The van der Waals surface area contributed by atoms with Crippen molar-refractivity contribution in [2.75, 3.05) is 11.9 Å². The van der Waals surface area contributed by atoms with E-state index in [4.69, 9.17) is 23.7 Å². The van der Waals surface area contributed by atoms with E-state index in [1.807, 2.05) is 30.3 Å². The molecule has 0 radical (unpaired) electrons. The SMILES string of the molecule is CC(=O)O[C@@H]1[C@H](OC(C)=O)[C@H](C)OC(OCCCBr)[C@H]1OCc1ccccc1. The zero-order chi connectivity index (χ0) is 20.5. The van der Waals surface area contributed by atoms with E-state index in [-0.39, 0.29) is 6.61 Å². The average molecular weight is 459 g/mol. The lowest BCUT2D eigenvalue weighted by Gasteiger charge is -2.43. The van der Waals surface area contributed by atoms with Gasteiger partial charge in [0.15, 0.2) is 18.5 Å². The molecule has 1 fully saturated rings. The Labute approximate surface area is 173 Å². The third-order valence-corrected chi connectivity index (χ3v) is 4.74. The highest BCUT2D eigenvalue weighted by molar-refractivity contribution is 9.09. The Kier molecular flexibility index (Phi) is 9.37. The van der Waals surface area contributed by atoms with Crippen LogP contribution in [0.4, 0.5) is 0 Å². The molecule has 0 bridgehead atoms. The first-order valence-corrected chi connectivity index (χ1v) is 10.4. The quantitative estimate of drug-likeness (QED) is 0.319. The van der Waals surface area contributed by atoms with Crippen molar-refractivity contribution in [1.29, 1.82) is 0 Å². The lowest BCUT2D eigenvalue weighted by Crippen LogP contribution is -2.60. The summed E-state index contributed by atoms with van der Waals surface area (Å²) in [5, 5.41) is 0.786. The molecule has 1 unspecified atom stereocenters. The van der Waals surface area contributed by atoms with Crippen LogP contribution in [0.25, 0.3) is 0 Å². The Balaban J connectivity index is 2.22. The van der Waals surface area contributed by atoms with Crippen LogP contribution >= 0.6 is 15.9 Å². The number of ether oxygens (including phenoxy) is 5. The zero-order valence-electron chi connectivity index (χ0n) is 16.3. The molecule has 1 aliphatic heterocycles. The predicted molar refractivity (Wildman–Crippen MR) is 105 cm³/mol. The monoisotopic (exact) mass is 458 g/mol. The minimum atomic E-state index is -0.845. The number of esters is 2. The van der Waals surface area contributed by atoms with E-state index >= 15 is 0 Å². The summed E-state index contributed by atoms with van der Waals surface area (Å²) in [5.41, 5.74) is 0.950. The summed E-state index contributed by atoms with van der Waals surface area (Å²) in [6, 6.07) is 9.59. The summed E-state index contributed by atoms with van der Waals surface area (Å²) in [4.78, 5) is 23.3. The van der Waals surface area contributed by atoms with Gasteiger partial charge in [0.25, 0.3) is 0 Å². The average Bonchev–Trinajstić information content (AvgIpc) is 2.64. The number of benzene rings is 1. The van der Waals surface area contributed by atoms with Gasteiger partial charge >= 0.3 is 11.9 Å². The van der Waals surface area contributed by atoms with Crippen LogP contribution in [0.3, 0.4) is 0 Å². The van der Waals surface area contributed by atoms with Crippen molar-refractivity contribution in [1.82, 2.24) is 0 Å². The largest absolute Gasteiger partial charge is 0.456 e. The normalized spacial score (nSPS) is 27.2. The molecule has 1 heterocycles. The fraction of sp³-hybridized carbons (Fsp3) is 0.600. The Morgan fingerprint density at radius 1 is 1.00 bits per heavy atom. The van der Waals surface area contributed by atoms with Crippen LogP contribution in [-0.2, 0) is 39.9 Å².